The number of rotatable bonds is 2. The molecule has 6 nitrogen and oxygen atoms in total. The molecule has 0 saturated carbocycles. The molecular formula is C13H24N4O2. The molecular weight excluding hydrogens is 244 g/mol. The molecule has 108 valence electrons. The summed E-state index contributed by atoms with van der Waals surface area (Å²) in [7, 11) is 1.78. The molecule has 0 unspecified atom stereocenters. The van der Waals surface area contributed by atoms with Gasteiger partial charge in [-0.3, -0.25) is 4.90 Å². The Hall–Kier alpha value is -1.46. The van der Waals surface area contributed by atoms with Crippen LogP contribution in [0, 0.1) is 0 Å². The molecule has 2 heterocycles. The molecule has 2 aliphatic heterocycles. The van der Waals surface area contributed by atoms with Crippen LogP contribution in [0.4, 0.5) is 9.59 Å². The topological polar surface area (TPSA) is 47.1 Å². The predicted molar refractivity (Wildman–Crippen MR) is 72.5 cm³/mol. The van der Waals surface area contributed by atoms with Crippen molar-refractivity contribution in [3.05, 3.63) is 0 Å². The van der Waals surface area contributed by atoms with Crippen LogP contribution in [0.5, 0.6) is 0 Å². The van der Waals surface area contributed by atoms with Crippen molar-refractivity contribution in [2.75, 3.05) is 20.1 Å². The van der Waals surface area contributed by atoms with Gasteiger partial charge in [-0.2, -0.15) is 0 Å². The number of fused-ring (bicyclic) bond motifs is 1. The van der Waals surface area contributed by atoms with Gasteiger partial charge in [-0.25, -0.2) is 9.59 Å². The highest BCUT2D eigenvalue weighted by Gasteiger charge is 2.59. The summed E-state index contributed by atoms with van der Waals surface area (Å²) in [5, 5.41) is 0. The van der Waals surface area contributed by atoms with Crippen LogP contribution in [0.3, 0.4) is 0 Å². The first kappa shape index (κ1) is 14.0. The van der Waals surface area contributed by atoms with Crippen LogP contribution >= 0.6 is 0 Å². The van der Waals surface area contributed by atoms with Crippen molar-refractivity contribution in [2.24, 2.45) is 0 Å². The Balaban J connectivity index is 2.47. The van der Waals surface area contributed by atoms with E-state index in [0.717, 1.165) is 0 Å². The van der Waals surface area contributed by atoms with Crippen LogP contribution in [0.25, 0.3) is 0 Å². The molecule has 2 saturated heterocycles. The first-order chi connectivity index (χ1) is 8.75. The Morgan fingerprint density at radius 3 is 1.84 bits per heavy atom. The molecule has 0 spiro atoms. The minimum Gasteiger partial charge on any atom is -0.303 e. The zero-order valence-electron chi connectivity index (χ0n) is 12.7. The fourth-order valence-electron chi connectivity index (χ4n) is 3.12. The maximum Gasteiger partial charge on any atom is 0.323 e. The summed E-state index contributed by atoms with van der Waals surface area (Å²) in [4.78, 5) is 32.0. The lowest BCUT2D eigenvalue weighted by atomic mass is 10.1. The van der Waals surface area contributed by atoms with Crippen LogP contribution in [0.15, 0.2) is 0 Å². The highest BCUT2D eigenvalue weighted by atomic mass is 16.2. The minimum atomic E-state index is -0.303. The predicted octanol–water partition coefficient (Wildman–Crippen LogP) is 1.58. The number of likely N-dealkylation sites (N-methyl/N-ethyl adjacent to an activating group) is 3. The van der Waals surface area contributed by atoms with Crippen molar-refractivity contribution < 1.29 is 9.59 Å². The summed E-state index contributed by atoms with van der Waals surface area (Å²) in [6.45, 7) is 11.2. The summed E-state index contributed by atoms with van der Waals surface area (Å²) < 4.78 is 0. The minimum absolute atomic E-state index is 0.00750. The monoisotopic (exact) mass is 268 g/mol. The van der Waals surface area contributed by atoms with Gasteiger partial charge in [0.05, 0.1) is 0 Å². The van der Waals surface area contributed by atoms with Gasteiger partial charge in [-0.1, -0.05) is 0 Å². The normalized spacial score (nSPS) is 27.7. The van der Waals surface area contributed by atoms with E-state index in [9.17, 15) is 9.59 Å². The number of hydrogen-bond donors (Lipinski definition) is 0. The number of carbonyl (C=O) groups is 2. The maximum absolute atomic E-state index is 12.5. The van der Waals surface area contributed by atoms with Gasteiger partial charge in [-0.15, -0.1) is 0 Å². The zero-order valence-corrected chi connectivity index (χ0v) is 12.7. The Labute approximate surface area is 114 Å². The number of carbonyl (C=O) groups excluding carboxylic acids is 2. The van der Waals surface area contributed by atoms with Crippen molar-refractivity contribution in [3.8, 4) is 0 Å². The first-order valence-corrected chi connectivity index (χ1v) is 6.89. The van der Waals surface area contributed by atoms with Crippen LogP contribution < -0.4 is 0 Å². The van der Waals surface area contributed by atoms with E-state index in [2.05, 4.69) is 0 Å². The van der Waals surface area contributed by atoms with Crippen molar-refractivity contribution in [1.29, 1.82) is 0 Å². The third kappa shape index (κ3) is 1.76. The van der Waals surface area contributed by atoms with Crippen LogP contribution in [-0.4, -0.2) is 69.7 Å². The summed E-state index contributed by atoms with van der Waals surface area (Å²) in [6.07, 6.45) is -0.362. The highest BCUT2D eigenvalue weighted by molar-refractivity contribution is 5.85. The van der Waals surface area contributed by atoms with E-state index < -0.39 is 0 Å². The molecule has 6 heteroatoms. The van der Waals surface area contributed by atoms with Gasteiger partial charge in [0, 0.05) is 25.7 Å². The first-order valence-electron chi connectivity index (χ1n) is 6.89. The Morgan fingerprint density at radius 2 is 1.42 bits per heavy atom. The van der Waals surface area contributed by atoms with Gasteiger partial charge in [0.25, 0.3) is 0 Å². The lowest BCUT2D eigenvalue weighted by Crippen LogP contribution is -2.54. The quantitative estimate of drug-likeness (QED) is 0.763. The Morgan fingerprint density at radius 1 is 0.947 bits per heavy atom. The summed E-state index contributed by atoms with van der Waals surface area (Å²) in [5.74, 6) is 0. The van der Waals surface area contributed by atoms with E-state index >= 15 is 0 Å². The summed E-state index contributed by atoms with van der Waals surface area (Å²) in [6, 6.07) is 0.0144. The van der Waals surface area contributed by atoms with Gasteiger partial charge >= 0.3 is 12.1 Å². The molecule has 0 aromatic carbocycles. The van der Waals surface area contributed by atoms with E-state index in [1.165, 1.54) is 0 Å². The molecule has 0 aromatic rings. The summed E-state index contributed by atoms with van der Waals surface area (Å²) >= 11 is 0. The molecule has 19 heavy (non-hydrogen) atoms. The van der Waals surface area contributed by atoms with E-state index in [1.54, 1.807) is 21.7 Å². The van der Waals surface area contributed by atoms with E-state index in [0.29, 0.717) is 13.1 Å². The fraction of sp³-hybridized carbons (Fsp3) is 0.846. The smallest absolute Gasteiger partial charge is 0.303 e. The third-order valence-electron chi connectivity index (χ3n) is 3.97. The van der Waals surface area contributed by atoms with Crippen LogP contribution in [-0.2, 0) is 0 Å². The second kappa shape index (κ2) is 4.28. The SMILES string of the molecule is CCN1C(=O)N(CC)[C@H]2[C@@H]1N(C)C(=O)N2C(C)(C)C. The average Bonchev–Trinajstić information content (AvgIpc) is 2.71. The van der Waals surface area contributed by atoms with Crippen LogP contribution in [0.1, 0.15) is 34.6 Å². The molecule has 4 amide bonds. The average molecular weight is 268 g/mol. The molecule has 2 aliphatic rings. The number of nitrogens with zero attached hydrogens (tertiary/aromatic N) is 4. The van der Waals surface area contributed by atoms with Gasteiger partial charge in [0.15, 0.2) is 0 Å². The van der Waals surface area contributed by atoms with Gasteiger partial charge in [0.2, 0.25) is 0 Å². The molecule has 2 atom stereocenters. The number of urea groups is 2. The van der Waals surface area contributed by atoms with Crippen molar-refractivity contribution >= 4 is 12.1 Å². The van der Waals surface area contributed by atoms with E-state index in [1.807, 2.05) is 39.5 Å². The van der Waals surface area contributed by atoms with Gasteiger partial charge < -0.3 is 14.7 Å². The lowest BCUT2D eigenvalue weighted by molar-refractivity contribution is 0.0718. The van der Waals surface area contributed by atoms with Crippen molar-refractivity contribution in [3.63, 3.8) is 0 Å². The molecule has 0 aliphatic carbocycles. The molecule has 0 N–H and O–H groups in total. The Kier molecular flexibility index (Phi) is 3.15. The van der Waals surface area contributed by atoms with Crippen molar-refractivity contribution in [1.82, 2.24) is 19.6 Å². The molecule has 2 rings (SSSR count). The van der Waals surface area contributed by atoms with E-state index in [4.69, 9.17) is 0 Å². The zero-order chi connectivity index (χ0) is 14.5. The van der Waals surface area contributed by atoms with Crippen molar-refractivity contribution in [2.45, 2.75) is 52.5 Å². The number of hydrogen-bond acceptors (Lipinski definition) is 2. The second-order valence-corrected chi connectivity index (χ2v) is 6.12. The highest BCUT2D eigenvalue weighted by Crippen LogP contribution is 2.37. The van der Waals surface area contributed by atoms with Gasteiger partial charge in [0.1, 0.15) is 12.3 Å². The second-order valence-electron chi connectivity index (χ2n) is 6.12. The summed E-state index contributed by atoms with van der Waals surface area (Å²) in [5.41, 5.74) is -0.303. The Bertz CT molecular complexity index is 404. The maximum atomic E-state index is 12.5. The molecule has 2 fully saturated rings. The molecule has 0 radical (unpaired) electrons. The standard InChI is InChI=1S/C13H24N4O2/c1-7-15-9-10(16(8-2)12(15)19)17(13(3,4)5)11(18)14(9)6/h9-10H,7-8H2,1-6H3/t9-,10-/m1/s1. The van der Waals surface area contributed by atoms with Crippen LogP contribution in [0.2, 0.25) is 0 Å². The molecule has 0 bridgehead atoms. The van der Waals surface area contributed by atoms with Gasteiger partial charge in [-0.05, 0) is 34.6 Å². The molecule has 0 aromatic heterocycles. The lowest BCUT2D eigenvalue weighted by Gasteiger charge is -2.38. The fourth-order valence-corrected chi connectivity index (χ4v) is 3.12. The van der Waals surface area contributed by atoms with E-state index in [-0.39, 0.29) is 29.9 Å². The third-order valence-corrected chi connectivity index (χ3v) is 3.97. The number of amides is 4. The largest absolute Gasteiger partial charge is 0.323 e.